The van der Waals surface area contributed by atoms with Crippen molar-refractivity contribution in [1.29, 1.82) is 0 Å². The van der Waals surface area contributed by atoms with Crippen molar-refractivity contribution in [1.82, 2.24) is 20.0 Å². The minimum absolute atomic E-state index is 0.392. The fourth-order valence-electron chi connectivity index (χ4n) is 4.40. The van der Waals surface area contributed by atoms with Crippen LogP contribution in [-0.2, 0) is 11.3 Å². The summed E-state index contributed by atoms with van der Waals surface area (Å²) in [6.07, 6.45) is 4.68. The Hall–Kier alpha value is -3.76. The minimum Gasteiger partial charge on any atom is -0.476 e. The Bertz CT molecular complexity index is 1260. The van der Waals surface area contributed by atoms with Crippen LogP contribution < -0.4 is 15.4 Å². The molecule has 10 nitrogen and oxygen atoms in total. The van der Waals surface area contributed by atoms with E-state index in [9.17, 15) is 0 Å². The van der Waals surface area contributed by atoms with Crippen LogP contribution in [0.15, 0.2) is 63.6 Å². The summed E-state index contributed by atoms with van der Waals surface area (Å²) in [5.74, 6) is 3.79. The third-order valence-corrected chi connectivity index (χ3v) is 6.63. The van der Waals surface area contributed by atoms with E-state index in [-0.39, 0.29) is 0 Å². The molecule has 192 valence electrons. The van der Waals surface area contributed by atoms with Crippen molar-refractivity contribution in [3.63, 3.8) is 0 Å². The second-order valence-electron chi connectivity index (χ2n) is 9.44. The Morgan fingerprint density at radius 2 is 1.92 bits per heavy atom. The Kier molecular flexibility index (Phi) is 7.09. The van der Waals surface area contributed by atoms with Gasteiger partial charge in [-0.25, -0.2) is 0 Å². The van der Waals surface area contributed by atoms with Gasteiger partial charge in [-0.2, -0.15) is 9.97 Å². The molecule has 1 saturated carbocycles. The van der Waals surface area contributed by atoms with Crippen LogP contribution in [0.3, 0.4) is 0 Å². The van der Waals surface area contributed by atoms with Crippen LogP contribution in [0, 0.1) is 5.92 Å². The number of rotatable bonds is 10. The average Bonchev–Trinajstić information content (AvgIpc) is 3.49. The highest BCUT2D eigenvalue weighted by Crippen LogP contribution is 2.37. The van der Waals surface area contributed by atoms with E-state index in [1.54, 1.807) is 0 Å². The van der Waals surface area contributed by atoms with E-state index in [1.807, 2.05) is 42.5 Å². The first-order valence-corrected chi connectivity index (χ1v) is 12.9. The van der Waals surface area contributed by atoms with Gasteiger partial charge in [0.05, 0.1) is 26.3 Å². The maximum absolute atomic E-state index is 6.03. The van der Waals surface area contributed by atoms with E-state index < -0.39 is 0 Å². The van der Waals surface area contributed by atoms with Crippen molar-refractivity contribution >= 4 is 17.6 Å². The Morgan fingerprint density at radius 1 is 1.05 bits per heavy atom. The molecule has 0 atom stereocenters. The quantitative estimate of drug-likeness (QED) is 0.430. The second-order valence-corrected chi connectivity index (χ2v) is 9.44. The molecule has 3 aromatic rings. The zero-order valence-corrected chi connectivity index (χ0v) is 20.7. The summed E-state index contributed by atoms with van der Waals surface area (Å²) in [5.41, 5.74) is 3.20. The molecule has 2 N–H and O–H groups in total. The molecule has 0 unspecified atom stereocenters. The molecule has 1 saturated heterocycles. The molecule has 37 heavy (non-hydrogen) atoms. The number of aliphatic imine (C=N–C) groups is 1. The van der Waals surface area contributed by atoms with Crippen LogP contribution in [-0.4, -0.2) is 71.9 Å². The zero-order valence-electron chi connectivity index (χ0n) is 20.7. The first-order valence-electron chi connectivity index (χ1n) is 12.9. The van der Waals surface area contributed by atoms with Gasteiger partial charge in [0.2, 0.25) is 11.8 Å². The highest BCUT2D eigenvalue weighted by atomic mass is 16.5. The van der Waals surface area contributed by atoms with Gasteiger partial charge in [0, 0.05) is 37.3 Å². The van der Waals surface area contributed by atoms with Crippen molar-refractivity contribution in [2.45, 2.75) is 19.4 Å². The number of nitrogens with zero attached hydrogens (tertiary/aromatic N) is 5. The number of benzene rings is 1. The lowest BCUT2D eigenvalue weighted by Crippen LogP contribution is -2.38. The van der Waals surface area contributed by atoms with E-state index >= 15 is 0 Å². The Labute approximate surface area is 215 Å². The topological polar surface area (TPSA) is 110 Å². The van der Waals surface area contributed by atoms with Gasteiger partial charge in [0.15, 0.2) is 5.76 Å². The van der Waals surface area contributed by atoms with Gasteiger partial charge in [-0.3, -0.25) is 9.89 Å². The van der Waals surface area contributed by atoms with Gasteiger partial charge in [-0.15, -0.1) is 0 Å². The molecule has 2 fully saturated rings. The monoisotopic (exact) mass is 501 g/mol. The molecule has 0 bridgehead atoms. The number of hydrogen-bond donors (Lipinski definition) is 2. The molecular weight excluding hydrogens is 470 g/mol. The molecule has 1 aromatic carbocycles. The Morgan fingerprint density at radius 3 is 2.76 bits per heavy atom. The van der Waals surface area contributed by atoms with Crippen molar-refractivity contribution in [2.75, 3.05) is 56.6 Å². The van der Waals surface area contributed by atoms with Crippen LogP contribution >= 0.6 is 0 Å². The summed E-state index contributed by atoms with van der Waals surface area (Å²) < 4.78 is 17.0. The predicted octanol–water partition coefficient (Wildman–Crippen LogP) is 3.62. The van der Waals surface area contributed by atoms with Gasteiger partial charge in [-0.05, 0) is 30.4 Å². The fourth-order valence-corrected chi connectivity index (χ4v) is 4.40. The molecule has 10 heteroatoms. The lowest BCUT2D eigenvalue weighted by Gasteiger charge is -2.26. The standard InChI is InChI=1S/C27H31N7O3/c1-2-4-20(5-3-1)23-15-22(37-33-23)18-29-27-31-25(30-24-14-21(17-28-24)19-6-7-19)16-26(32-27)36-13-10-34-8-11-35-12-9-34/h1-5,14-16,19H,6-13,17-18H2,(H2,28,29,30,31,32). The van der Waals surface area contributed by atoms with Crippen molar-refractivity contribution in [3.8, 4) is 17.1 Å². The predicted molar refractivity (Wildman–Crippen MR) is 141 cm³/mol. The summed E-state index contributed by atoms with van der Waals surface area (Å²) in [5, 5.41) is 10.8. The first-order chi connectivity index (χ1) is 18.3. The summed E-state index contributed by atoms with van der Waals surface area (Å²) in [6.45, 7) is 5.88. The summed E-state index contributed by atoms with van der Waals surface area (Å²) in [7, 11) is 0. The van der Waals surface area contributed by atoms with Gasteiger partial charge in [0.1, 0.15) is 24.0 Å². The number of nitrogens with one attached hydrogen (secondary N) is 2. The van der Waals surface area contributed by atoms with Crippen LogP contribution in [0.4, 0.5) is 11.8 Å². The second kappa shape index (κ2) is 11.1. The number of aromatic nitrogens is 3. The molecule has 2 aliphatic heterocycles. The fraction of sp³-hybridized carbons (Fsp3) is 0.407. The molecule has 0 amide bonds. The number of amidine groups is 1. The van der Waals surface area contributed by atoms with E-state index in [0.29, 0.717) is 42.5 Å². The van der Waals surface area contributed by atoms with E-state index in [2.05, 4.69) is 41.7 Å². The number of ether oxygens (including phenoxy) is 2. The summed E-state index contributed by atoms with van der Waals surface area (Å²) >= 11 is 0. The maximum atomic E-state index is 6.03. The Balaban J connectivity index is 1.13. The summed E-state index contributed by atoms with van der Waals surface area (Å²) in [6, 6.07) is 13.7. The molecule has 6 rings (SSSR count). The third-order valence-electron chi connectivity index (χ3n) is 6.63. The number of hydrogen-bond acceptors (Lipinski definition) is 10. The van der Waals surface area contributed by atoms with Crippen LogP contribution in [0.1, 0.15) is 18.6 Å². The van der Waals surface area contributed by atoms with Crippen molar-refractivity contribution < 1.29 is 14.0 Å². The molecule has 0 radical (unpaired) electrons. The van der Waals surface area contributed by atoms with Crippen LogP contribution in [0.5, 0.6) is 5.88 Å². The summed E-state index contributed by atoms with van der Waals surface area (Å²) in [4.78, 5) is 16.2. The van der Waals surface area contributed by atoms with E-state index in [1.165, 1.54) is 18.4 Å². The first kappa shape index (κ1) is 23.6. The highest BCUT2D eigenvalue weighted by molar-refractivity contribution is 6.05. The van der Waals surface area contributed by atoms with Crippen molar-refractivity contribution in [3.05, 3.63) is 59.9 Å². The molecular formula is C27H31N7O3. The van der Waals surface area contributed by atoms with E-state index in [4.69, 9.17) is 14.0 Å². The SMILES string of the molecule is C1=C(C2CC2)CN=C1Nc1cc(OCCN2CCOCC2)nc(NCc2cc(-c3ccccc3)no2)n1. The lowest BCUT2D eigenvalue weighted by molar-refractivity contribution is 0.0320. The average molecular weight is 502 g/mol. The maximum Gasteiger partial charge on any atom is 0.228 e. The third kappa shape index (κ3) is 6.33. The molecule has 4 heterocycles. The van der Waals surface area contributed by atoms with Gasteiger partial charge in [-0.1, -0.05) is 35.5 Å². The molecule has 0 spiro atoms. The van der Waals surface area contributed by atoms with Crippen LogP contribution in [0.25, 0.3) is 11.3 Å². The number of morpholine rings is 1. The van der Waals surface area contributed by atoms with E-state index in [0.717, 1.165) is 56.5 Å². The highest BCUT2D eigenvalue weighted by Gasteiger charge is 2.28. The van der Waals surface area contributed by atoms with Gasteiger partial charge >= 0.3 is 0 Å². The molecule has 2 aromatic heterocycles. The normalized spacial score (nSPS) is 17.8. The van der Waals surface area contributed by atoms with Crippen LogP contribution in [0.2, 0.25) is 0 Å². The lowest BCUT2D eigenvalue weighted by atomic mass is 10.1. The number of anilines is 2. The van der Waals surface area contributed by atoms with Crippen molar-refractivity contribution in [2.24, 2.45) is 10.9 Å². The molecule has 1 aliphatic carbocycles. The molecule has 3 aliphatic rings. The largest absolute Gasteiger partial charge is 0.476 e. The van der Waals surface area contributed by atoms with Gasteiger partial charge in [0.25, 0.3) is 0 Å². The zero-order chi connectivity index (χ0) is 24.9. The van der Waals surface area contributed by atoms with Gasteiger partial charge < -0.3 is 24.6 Å². The minimum atomic E-state index is 0.392. The smallest absolute Gasteiger partial charge is 0.228 e.